The van der Waals surface area contributed by atoms with Gasteiger partial charge in [0.2, 0.25) is 0 Å². The van der Waals surface area contributed by atoms with Gasteiger partial charge < -0.3 is 9.64 Å². The van der Waals surface area contributed by atoms with Crippen LogP contribution in [0.4, 0.5) is 5.69 Å². The number of benzene rings is 2. The zero-order chi connectivity index (χ0) is 14.1. The van der Waals surface area contributed by atoms with Crippen molar-refractivity contribution in [3.8, 4) is 11.4 Å². The Balaban J connectivity index is 2.01. The van der Waals surface area contributed by atoms with E-state index in [-0.39, 0.29) is 0 Å². The van der Waals surface area contributed by atoms with Crippen LogP contribution in [-0.2, 0) is 0 Å². The molecule has 5 nitrogen and oxygen atoms in total. The number of rotatable bonds is 3. The minimum atomic E-state index is 0.785. The summed E-state index contributed by atoms with van der Waals surface area (Å²) in [6.45, 7) is 0. The molecule has 0 atom stereocenters. The molecule has 0 unspecified atom stereocenters. The van der Waals surface area contributed by atoms with Gasteiger partial charge in [-0.15, -0.1) is 10.2 Å². The van der Waals surface area contributed by atoms with Gasteiger partial charge in [0.25, 0.3) is 0 Å². The van der Waals surface area contributed by atoms with Crippen LogP contribution in [0.15, 0.2) is 42.5 Å². The fourth-order valence-electron chi connectivity index (χ4n) is 2.02. The topological polar surface area (TPSA) is 43.2 Å². The van der Waals surface area contributed by atoms with E-state index >= 15 is 0 Å². The Kier molecular flexibility index (Phi) is 3.02. The van der Waals surface area contributed by atoms with E-state index in [1.807, 2.05) is 56.6 Å². The molecule has 1 aromatic heterocycles. The van der Waals surface area contributed by atoms with Crippen molar-refractivity contribution < 1.29 is 4.74 Å². The monoisotopic (exact) mass is 268 g/mol. The summed E-state index contributed by atoms with van der Waals surface area (Å²) in [6.07, 6.45) is 0. The van der Waals surface area contributed by atoms with Gasteiger partial charge in [0, 0.05) is 25.8 Å². The van der Waals surface area contributed by atoms with Crippen LogP contribution in [-0.4, -0.2) is 36.2 Å². The van der Waals surface area contributed by atoms with Crippen molar-refractivity contribution in [2.24, 2.45) is 0 Å². The minimum Gasteiger partial charge on any atom is -0.497 e. The van der Waals surface area contributed by atoms with E-state index in [2.05, 4.69) is 15.1 Å². The van der Waals surface area contributed by atoms with E-state index in [0.29, 0.717) is 0 Å². The lowest BCUT2D eigenvalue weighted by Gasteiger charge is -2.12. The van der Waals surface area contributed by atoms with E-state index in [1.54, 1.807) is 11.9 Å². The molecular weight excluding hydrogens is 252 g/mol. The van der Waals surface area contributed by atoms with Crippen molar-refractivity contribution in [2.45, 2.75) is 0 Å². The molecular formula is C15H16N4O. The molecule has 0 saturated heterocycles. The molecule has 3 rings (SSSR count). The summed E-state index contributed by atoms with van der Waals surface area (Å²) >= 11 is 0. The normalized spacial score (nSPS) is 10.8. The molecule has 0 N–H and O–H groups in total. The molecule has 5 heteroatoms. The summed E-state index contributed by atoms with van der Waals surface area (Å²) in [6, 6.07) is 13.8. The number of hydrogen-bond acceptors (Lipinski definition) is 4. The highest BCUT2D eigenvalue weighted by molar-refractivity contribution is 5.75. The maximum atomic E-state index is 5.20. The third-order valence-corrected chi connectivity index (χ3v) is 3.18. The van der Waals surface area contributed by atoms with Crippen molar-refractivity contribution in [2.75, 3.05) is 26.1 Å². The highest BCUT2D eigenvalue weighted by atomic mass is 16.5. The van der Waals surface area contributed by atoms with Gasteiger partial charge in [-0.05, 0) is 36.4 Å². The van der Waals surface area contributed by atoms with Gasteiger partial charge in [0.1, 0.15) is 16.8 Å². The molecule has 0 bridgehead atoms. The molecule has 0 spiro atoms. The van der Waals surface area contributed by atoms with Crippen molar-refractivity contribution in [3.05, 3.63) is 42.5 Å². The van der Waals surface area contributed by atoms with Crippen molar-refractivity contribution in [1.29, 1.82) is 0 Å². The van der Waals surface area contributed by atoms with E-state index in [0.717, 1.165) is 28.2 Å². The highest BCUT2D eigenvalue weighted by Gasteiger charge is 2.06. The van der Waals surface area contributed by atoms with Gasteiger partial charge in [-0.2, -0.15) is 4.80 Å². The number of methoxy groups -OCH3 is 1. The zero-order valence-electron chi connectivity index (χ0n) is 11.7. The quantitative estimate of drug-likeness (QED) is 0.732. The van der Waals surface area contributed by atoms with Crippen LogP contribution in [0.2, 0.25) is 0 Å². The van der Waals surface area contributed by atoms with Crippen LogP contribution in [0.5, 0.6) is 5.75 Å². The number of anilines is 1. The minimum absolute atomic E-state index is 0.785. The largest absolute Gasteiger partial charge is 0.497 e. The molecule has 0 radical (unpaired) electrons. The predicted octanol–water partition coefficient (Wildman–Crippen LogP) is 2.50. The maximum Gasteiger partial charge on any atom is 0.121 e. The molecule has 20 heavy (non-hydrogen) atoms. The van der Waals surface area contributed by atoms with Crippen LogP contribution in [0.25, 0.3) is 16.7 Å². The van der Waals surface area contributed by atoms with Crippen LogP contribution < -0.4 is 9.64 Å². The van der Waals surface area contributed by atoms with Gasteiger partial charge >= 0.3 is 0 Å². The Hall–Kier alpha value is -2.56. The summed E-state index contributed by atoms with van der Waals surface area (Å²) in [5.74, 6) is 0.785. The lowest BCUT2D eigenvalue weighted by molar-refractivity contribution is 0.415. The van der Waals surface area contributed by atoms with E-state index < -0.39 is 0 Å². The number of ether oxygens (including phenoxy) is 1. The molecule has 1 heterocycles. The number of nitrogens with zero attached hydrogens (tertiary/aromatic N) is 4. The smallest absolute Gasteiger partial charge is 0.121 e. The van der Waals surface area contributed by atoms with Crippen molar-refractivity contribution in [1.82, 2.24) is 15.0 Å². The molecule has 0 fully saturated rings. The van der Waals surface area contributed by atoms with Gasteiger partial charge in [0.15, 0.2) is 0 Å². The average Bonchev–Trinajstić information content (AvgIpc) is 2.90. The number of aromatic nitrogens is 3. The summed E-state index contributed by atoms with van der Waals surface area (Å²) < 4.78 is 5.20. The second-order valence-electron chi connectivity index (χ2n) is 4.75. The Bertz CT molecular complexity index is 731. The first-order valence-corrected chi connectivity index (χ1v) is 6.36. The van der Waals surface area contributed by atoms with Crippen molar-refractivity contribution >= 4 is 16.7 Å². The van der Waals surface area contributed by atoms with Crippen LogP contribution in [0.1, 0.15) is 0 Å². The second-order valence-corrected chi connectivity index (χ2v) is 4.75. The van der Waals surface area contributed by atoms with E-state index in [9.17, 15) is 0 Å². The summed E-state index contributed by atoms with van der Waals surface area (Å²) in [5.41, 5.74) is 3.75. The lowest BCUT2D eigenvalue weighted by atomic mass is 10.3. The van der Waals surface area contributed by atoms with Crippen LogP contribution in [0, 0.1) is 0 Å². The molecule has 0 aliphatic heterocycles. The average molecular weight is 268 g/mol. The standard InChI is InChI=1S/C15H16N4O/c1-18(2)11-4-6-12(7-5-11)19-16-14-9-8-13(20-3)10-15(14)17-19/h4-10H,1-3H3. The molecule has 0 amide bonds. The zero-order valence-corrected chi connectivity index (χ0v) is 11.7. The van der Waals surface area contributed by atoms with E-state index in [1.165, 1.54) is 0 Å². The summed E-state index contributed by atoms with van der Waals surface area (Å²) in [7, 11) is 5.68. The molecule has 2 aromatic carbocycles. The Morgan fingerprint density at radius 1 is 0.950 bits per heavy atom. The van der Waals surface area contributed by atoms with Gasteiger partial charge in [0.05, 0.1) is 12.8 Å². The third kappa shape index (κ3) is 2.18. The third-order valence-electron chi connectivity index (χ3n) is 3.18. The lowest BCUT2D eigenvalue weighted by Crippen LogP contribution is -2.08. The first kappa shape index (κ1) is 12.5. The maximum absolute atomic E-state index is 5.20. The predicted molar refractivity (Wildman–Crippen MR) is 79.7 cm³/mol. The number of hydrogen-bond donors (Lipinski definition) is 0. The Labute approximate surface area is 117 Å². The Morgan fingerprint density at radius 2 is 1.65 bits per heavy atom. The summed E-state index contributed by atoms with van der Waals surface area (Å²) in [5, 5.41) is 8.95. The van der Waals surface area contributed by atoms with Gasteiger partial charge in [-0.3, -0.25) is 0 Å². The van der Waals surface area contributed by atoms with Crippen LogP contribution in [0.3, 0.4) is 0 Å². The molecule has 0 saturated carbocycles. The molecule has 0 aliphatic rings. The Morgan fingerprint density at radius 3 is 2.30 bits per heavy atom. The highest BCUT2D eigenvalue weighted by Crippen LogP contribution is 2.19. The van der Waals surface area contributed by atoms with E-state index in [4.69, 9.17) is 4.74 Å². The van der Waals surface area contributed by atoms with Gasteiger partial charge in [-0.1, -0.05) is 0 Å². The van der Waals surface area contributed by atoms with Gasteiger partial charge in [-0.25, -0.2) is 0 Å². The fourth-order valence-corrected chi connectivity index (χ4v) is 2.02. The first-order valence-electron chi connectivity index (χ1n) is 6.36. The second kappa shape index (κ2) is 4.85. The SMILES string of the molecule is COc1ccc2nn(-c3ccc(N(C)C)cc3)nc2c1. The molecule has 102 valence electrons. The first-order chi connectivity index (χ1) is 9.67. The number of fused-ring (bicyclic) bond motifs is 1. The molecule has 0 aliphatic carbocycles. The fraction of sp³-hybridized carbons (Fsp3) is 0.200. The summed E-state index contributed by atoms with van der Waals surface area (Å²) in [4.78, 5) is 3.70. The molecule has 3 aromatic rings. The van der Waals surface area contributed by atoms with Crippen LogP contribution >= 0.6 is 0 Å². The van der Waals surface area contributed by atoms with Crippen molar-refractivity contribution in [3.63, 3.8) is 0 Å².